The maximum absolute atomic E-state index is 5.77. The molecule has 0 bridgehead atoms. The van der Waals surface area contributed by atoms with Crippen molar-refractivity contribution in [3.8, 4) is 12.3 Å². The standard InChI is InChI=1S/C10H12ClN5/c1-2-5-12-9-14-8(11)15-10(16-9)13-6-7-3-4-7/h1,7H,3-6H2,(H2,12,13,14,15,16). The predicted molar refractivity (Wildman–Crippen MR) is 63.4 cm³/mol. The Morgan fingerprint density at radius 3 is 2.56 bits per heavy atom. The number of halogens is 1. The minimum absolute atomic E-state index is 0.160. The van der Waals surface area contributed by atoms with E-state index in [2.05, 4.69) is 31.5 Å². The van der Waals surface area contributed by atoms with Crippen LogP contribution in [0.1, 0.15) is 12.8 Å². The van der Waals surface area contributed by atoms with E-state index in [1.165, 1.54) is 12.8 Å². The van der Waals surface area contributed by atoms with Gasteiger partial charge in [0, 0.05) is 6.54 Å². The van der Waals surface area contributed by atoms with Gasteiger partial charge < -0.3 is 10.6 Å². The highest BCUT2D eigenvalue weighted by atomic mass is 35.5. The summed E-state index contributed by atoms with van der Waals surface area (Å²) < 4.78 is 0. The molecule has 0 atom stereocenters. The van der Waals surface area contributed by atoms with Gasteiger partial charge in [-0.2, -0.15) is 15.0 Å². The molecular weight excluding hydrogens is 226 g/mol. The fourth-order valence-corrected chi connectivity index (χ4v) is 1.36. The molecule has 0 aromatic carbocycles. The minimum atomic E-state index is 0.160. The number of aromatic nitrogens is 3. The molecule has 2 rings (SSSR count). The van der Waals surface area contributed by atoms with Crippen molar-refractivity contribution in [2.45, 2.75) is 12.8 Å². The van der Waals surface area contributed by atoms with E-state index >= 15 is 0 Å². The predicted octanol–water partition coefficient (Wildman–Crippen LogP) is 1.39. The highest BCUT2D eigenvalue weighted by molar-refractivity contribution is 6.28. The molecule has 16 heavy (non-hydrogen) atoms. The average Bonchev–Trinajstić information content (AvgIpc) is 3.07. The van der Waals surface area contributed by atoms with E-state index in [4.69, 9.17) is 18.0 Å². The van der Waals surface area contributed by atoms with Crippen LogP contribution in [0, 0.1) is 18.3 Å². The first-order valence-corrected chi connectivity index (χ1v) is 5.48. The van der Waals surface area contributed by atoms with Gasteiger partial charge in [-0.05, 0) is 30.4 Å². The molecule has 1 aromatic rings. The van der Waals surface area contributed by atoms with E-state index in [1.54, 1.807) is 0 Å². The van der Waals surface area contributed by atoms with Gasteiger partial charge in [-0.15, -0.1) is 6.42 Å². The third-order valence-electron chi connectivity index (χ3n) is 2.20. The smallest absolute Gasteiger partial charge is 0.229 e. The molecule has 2 N–H and O–H groups in total. The fourth-order valence-electron chi connectivity index (χ4n) is 1.20. The van der Waals surface area contributed by atoms with Crippen LogP contribution >= 0.6 is 11.6 Å². The molecular formula is C10H12ClN5. The van der Waals surface area contributed by atoms with Crippen molar-refractivity contribution in [3.63, 3.8) is 0 Å². The zero-order valence-electron chi connectivity index (χ0n) is 8.70. The van der Waals surface area contributed by atoms with Crippen molar-refractivity contribution < 1.29 is 0 Å². The van der Waals surface area contributed by atoms with Gasteiger partial charge in [0.05, 0.1) is 6.54 Å². The Hall–Kier alpha value is -1.54. The van der Waals surface area contributed by atoms with Gasteiger partial charge in [0.25, 0.3) is 0 Å². The molecule has 5 nitrogen and oxygen atoms in total. The summed E-state index contributed by atoms with van der Waals surface area (Å²) in [4.78, 5) is 12.0. The summed E-state index contributed by atoms with van der Waals surface area (Å²) in [5.41, 5.74) is 0. The largest absolute Gasteiger partial charge is 0.354 e. The molecule has 84 valence electrons. The number of anilines is 2. The van der Waals surface area contributed by atoms with E-state index in [0.29, 0.717) is 18.4 Å². The minimum Gasteiger partial charge on any atom is -0.354 e. The van der Waals surface area contributed by atoms with E-state index in [0.717, 1.165) is 12.5 Å². The van der Waals surface area contributed by atoms with Gasteiger partial charge in [0.15, 0.2) is 0 Å². The lowest BCUT2D eigenvalue weighted by Crippen LogP contribution is -2.11. The molecule has 1 aliphatic carbocycles. The molecule has 0 aliphatic heterocycles. The van der Waals surface area contributed by atoms with Crippen molar-refractivity contribution in [3.05, 3.63) is 5.28 Å². The van der Waals surface area contributed by atoms with Crippen molar-refractivity contribution >= 4 is 23.5 Å². The normalized spacial score (nSPS) is 14.2. The average molecular weight is 238 g/mol. The van der Waals surface area contributed by atoms with Crippen molar-refractivity contribution in [2.75, 3.05) is 23.7 Å². The van der Waals surface area contributed by atoms with Crippen molar-refractivity contribution in [1.82, 2.24) is 15.0 Å². The molecule has 1 fully saturated rings. The van der Waals surface area contributed by atoms with E-state index < -0.39 is 0 Å². The monoisotopic (exact) mass is 237 g/mol. The van der Waals surface area contributed by atoms with Crippen LogP contribution in [0.15, 0.2) is 0 Å². The summed E-state index contributed by atoms with van der Waals surface area (Å²) in [6, 6.07) is 0. The fraction of sp³-hybridized carbons (Fsp3) is 0.500. The van der Waals surface area contributed by atoms with E-state index in [1.807, 2.05) is 0 Å². The van der Waals surface area contributed by atoms with Gasteiger partial charge in [0.1, 0.15) is 0 Å². The number of hydrogen-bond acceptors (Lipinski definition) is 5. The highest BCUT2D eigenvalue weighted by Gasteiger charge is 2.21. The summed E-state index contributed by atoms with van der Waals surface area (Å²) in [6.45, 7) is 1.25. The molecule has 0 spiro atoms. The lowest BCUT2D eigenvalue weighted by atomic mass is 10.4. The Labute approximate surface area is 99.0 Å². The molecule has 1 saturated carbocycles. The zero-order chi connectivity index (χ0) is 11.4. The summed E-state index contributed by atoms with van der Waals surface area (Å²) in [6.07, 6.45) is 7.67. The van der Waals surface area contributed by atoms with Crippen LogP contribution in [0.3, 0.4) is 0 Å². The molecule has 1 aromatic heterocycles. The molecule has 1 aliphatic rings. The van der Waals surface area contributed by atoms with Gasteiger partial charge in [0.2, 0.25) is 17.2 Å². The Morgan fingerprint density at radius 2 is 1.94 bits per heavy atom. The van der Waals surface area contributed by atoms with Gasteiger partial charge in [-0.3, -0.25) is 0 Å². The lowest BCUT2D eigenvalue weighted by molar-refractivity contribution is 0.868. The number of nitrogens with one attached hydrogen (secondary N) is 2. The highest BCUT2D eigenvalue weighted by Crippen LogP contribution is 2.28. The third-order valence-corrected chi connectivity index (χ3v) is 2.37. The second-order valence-corrected chi connectivity index (χ2v) is 3.97. The Morgan fingerprint density at radius 1 is 1.25 bits per heavy atom. The van der Waals surface area contributed by atoms with Crippen LogP contribution in [-0.2, 0) is 0 Å². The first-order chi connectivity index (χ1) is 7.78. The quantitative estimate of drug-likeness (QED) is 0.758. The first-order valence-electron chi connectivity index (χ1n) is 5.10. The van der Waals surface area contributed by atoms with Gasteiger partial charge in [-0.1, -0.05) is 5.92 Å². The molecule has 0 amide bonds. The first kappa shape index (κ1) is 11.0. The Kier molecular flexibility index (Phi) is 3.42. The maximum Gasteiger partial charge on any atom is 0.229 e. The van der Waals surface area contributed by atoms with E-state index in [9.17, 15) is 0 Å². The summed E-state index contributed by atoms with van der Waals surface area (Å²) in [7, 11) is 0. The van der Waals surface area contributed by atoms with Crippen molar-refractivity contribution in [2.24, 2.45) is 5.92 Å². The number of hydrogen-bond donors (Lipinski definition) is 2. The topological polar surface area (TPSA) is 62.7 Å². The molecule has 0 unspecified atom stereocenters. The number of rotatable bonds is 5. The van der Waals surface area contributed by atoms with E-state index in [-0.39, 0.29) is 5.28 Å². The number of nitrogens with zero attached hydrogens (tertiary/aromatic N) is 3. The SMILES string of the molecule is C#CCNc1nc(Cl)nc(NCC2CC2)n1. The van der Waals surface area contributed by atoms with Crippen LogP contribution in [0.2, 0.25) is 5.28 Å². The second kappa shape index (κ2) is 4.99. The van der Waals surface area contributed by atoms with Crippen molar-refractivity contribution in [1.29, 1.82) is 0 Å². The summed E-state index contributed by atoms with van der Waals surface area (Å²) in [5, 5.41) is 6.14. The zero-order valence-corrected chi connectivity index (χ0v) is 9.46. The van der Waals surface area contributed by atoms with Crippen LogP contribution < -0.4 is 10.6 Å². The van der Waals surface area contributed by atoms with Crippen LogP contribution in [-0.4, -0.2) is 28.0 Å². The summed E-state index contributed by atoms with van der Waals surface area (Å²) >= 11 is 5.77. The van der Waals surface area contributed by atoms with Gasteiger partial charge in [-0.25, -0.2) is 0 Å². The molecule has 0 radical (unpaired) electrons. The summed E-state index contributed by atoms with van der Waals surface area (Å²) in [5.74, 6) is 4.08. The van der Waals surface area contributed by atoms with Crippen LogP contribution in [0.5, 0.6) is 0 Å². The molecule has 0 saturated heterocycles. The van der Waals surface area contributed by atoms with Gasteiger partial charge >= 0.3 is 0 Å². The third kappa shape index (κ3) is 3.24. The number of terminal acetylenes is 1. The second-order valence-electron chi connectivity index (χ2n) is 3.63. The lowest BCUT2D eigenvalue weighted by Gasteiger charge is -2.06. The van der Waals surface area contributed by atoms with Crippen LogP contribution in [0.4, 0.5) is 11.9 Å². The Bertz CT molecular complexity index is 410. The Balaban J connectivity index is 1.99. The maximum atomic E-state index is 5.77. The molecule has 1 heterocycles. The molecule has 6 heteroatoms. The van der Waals surface area contributed by atoms with Crippen LogP contribution in [0.25, 0.3) is 0 Å².